The van der Waals surface area contributed by atoms with E-state index in [4.69, 9.17) is 51.8 Å². The van der Waals surface area contributed by atoms with Gasteiger partial charge in [0.15, 0.2) is 0 Å². The molecule has 1 rings (SSSR count). The third-order valence-electron chi connectivity index (χ3n) is 1.75. The second-order valence-electron chi connectivity index (χ2n) is 2.87. The van der Waals surface area contributed by atoms with E-state index < -0.39 is 9.48 Å². The summed E-state index contributed by atoms with van der Waals surface area (Å²) in [5.74, 6) is 0. The van der Waals surface area contributed by atoms with Gasteiger partial charge < -0.3 is 4.74 Å². The first kappa shape index (κ1) is 14.0. The van der Waals surface area contributed by atoms with Crippen molar-refractivity contribution in [2.75, 3.05) is 6.61 Å². The predicted octanol–water partition coefficient (Wildman–Crippen LogP) is 2.73. The van der Waals surface area contributed by atoms with Crippen molar-refractivity contribution in [3.8, 4) is 0 Å². The number of hydrogen-bond acceptors (Lipinski definition) is 3. The molecule has 0 fully saturated rings. The van der Waals surface area contributed by atoms with Crippen molar-refractivity contribution in [1.29, 1.82) is 0 Å². The van der Waals surface area contributed by atoms with Crippen LogP contribution in [0, 0.1) is 4.64 Å². The quantitative estimate of drug-likeness (QED) is 0.690. The lowest BCUT2D eigenvalue weighted by atomic mass is 10.4. The van der Waals surface area contributed by atoms with E-state index in [0.717, 1.165) is 0 Å². The molecule has 0 amide bonds. The average molecular weight is 304 g/mol. The number of nitrogens with zero attached hydrogens (tertiary/aromatic N) is 1. The van der Waals surface area contributed by atoms with Gasteiger partial charge in [-0.25, -0.2) is 4.79 Å². The highest BCUT2D eigenvalue weighted by molar-refractivity contribution is 7.71. The maximum Gasteiger partial charge on any atom is 0.328 e. The lowest BCUT2D eigenvalue weighted by molar-refractivity contribution is 0.0823. The smallest absolute Gasteiger partial charge is 0.328 e. The molecule has 0 aliphatic heterocycles. The Morgan fingerprint density at radius 3 is 2.69 bits per heavy atom. The van der Waals surface area contributed by atoms with Crippen molar-refractivity contribution in [3.05, 3.63) is 26.9 Å². The van der Waals surface area contributed by atoms with Gasteiger partial charge in [0.1, 0.15) is 11.4 Å². The second kappa shape index (κ2) is 5.51. The minimum Gasteiger partial charge on any atom is -0.361 e. The monoisotopic (exact) mass is 302 g/mol. The highest BCUT2D eigenvalue weighted by Gasteiger charge is 2.27. The number of ether oxygens (including phenoxy) is 1. The van der Waals surface area contributed by atoms with Crippen LogP contribution in [0.3, 0.4) is 0 Å². The minimum atomic E-state index is -1.72. The van der Waals surface area contributed by atoms with E-state index in [2.05, 4.69) is 4.98 Å². The molecule has 90 valence electrons. The predicted molar refractivity (Wildman–Crippen MR) is 66.7 cm³/mol. The van der Waals surface area contributed by atoms with Gasteiger partial charge in [0.2, 0.25) is 3.79 Å². The topological polar surface area (TPSA) is 47.0 Å². The van der Waals surface area contributed by atoms with Crippen molar-refractivity contribution >= 4 is 47.0 Å². The average Bonchev–Trinajstić information content (AvgIpc) is 2.14. The van der Waals surface area contributed by atoms with Gasteiger partial charge in [-0.05, 0) is 13.0 Å². The molecule has 1 heterocycles. The number of H-pyrrole nitrogens is 1. The molecule has 1 aromatic heterocycles. The fourth-order valence-electron chi connectivity index (χ4n) is 1.07. The number of aromatic nitrogens is 2. The van der Waals surface area contributed by atoms with Crippen LogP contribution >= 0.6 is 47.0 Å². The van der Waals surface area contributed by atoms with Gasteiger partial charge in [-0.15, -0.1) is 0 Å². The Hall–Kier alpha value is -0.0700. The van der Waals surface area contributed by atoms with Crippen molar-refractivity contribution in [1.82, 2.24) is 9.55 Å². The Balaban J connectivity index is 3.33. The van der Waals surface area contributed by atoms with Crippen molar-refractivity contribution in [2.45, 2.75) is 17.4 Å². The van der Waals surface area contributed by atoms with Crippen molar-refractivity contribution < 1.29 is 4.74 Å². The van der Waals surface area contributed by atoms with Crippen LogP contribution in [-0.4, -0.2) is 16.2 Å². The Morgan fingerprint density at radius 2 is 2.19 bits per heavy atom. The van der Waals surface area contributed by atoms with Gasteiger partial charge in [-0.2, -0.15) is 0 Å². The molecule has 0 radical (unpaired) electrons. The molecule has 0 aliphatic rings. The summed E-state index contributed by atoms with van der Waals surface area (Å²) in [4.78, 5) is 14.0. The largest absolute Gasteiger partial charge is 0.361 e. The Morgan fingerprint density at radius 1 is 1.56 bits per heavy atom. The molecule has 0 aromatic carbocycles. The van der Waals surface area contributed by atoms with E-state index >= 15 is 0 Å². The zero-order valence-electron chi connectivity index (χ0n) is 8.30. The summed E-state index contributed by atoms with van der Waals surface area (Å²) >= 11 is 22.1. The Bertz CT molecular complexity index is 477. The van der Waals surface area contributed by atoms with E-state index in [-0.39, 0.29) is 17.1 Å². The third-order valence-corrected chi connectivity index (χ3v) is 2.55. The minimum absolute atomic E-state index is 0.00465. The van der Waals surface area contributed by atoms with Crippen LogP contribution in [0.4, 0.5) is 0 Å². The molecule has 0 spiro atoms. The van der Waals surface area contributed by atoms with Gasteiger partial charge >= 0.3 is 5.69 Å². The second-order valence-corrected chi connectivity index (χ2v) is 5.59. The van der Waals surface area contributed by atoms with Gasteiger partial charge in [0.05, 0.1) is 5.69 Å². The summed E-state index contributed by atoms with van der Waals surface area (Å²) in [6, 6.07) is 1.42. The molecule has 0 unspecified atom stereocenters. The summed E-state index contributed by atoms with van der Waals surface area (Å²) in [5, 5.41) is 0. The van der Waals surface area contributed by atoms with E-state index in [1.165, 1.54) is 10.6 Å². The van der Waals surface area contributed by atoms with Crippen LogP contribution < -0.4 is 5.69 Å². The number of halogens is 3. The van der Waals surface area contributed by atoms with Crippen LogP contribution in [0.5, 0.6) is 0 Å². The summed E-state index contributed by atoms with van der Waals surface area (Å²) in [5.41, 5.74) is -0.290. The standard InChI is InChI=1S/C8H9Cl3N2O2S/c1-2-15-4-13-5(8(9,10)11)3-6(16)12-7(13)14/h3H,2,4H2,1H3,(H,12,14,16). The maximum atomic E-state index is 11.6. The maximum absolute atomic E-state index is 11.6. The summed E-state index contributed by atoms with van der Waals surface area (Å²) in [6.07, 6.45) is 0. The lowest BCUT2D eigenvalue weighted by Gasteiger charge is -2.17. The van der Waals surface area contributed by atoms with E-state index in [0.29, 0.717) is 6.61 Å². The summed E-state index contributed by atoms with van der Waals surface area (Å²) < 4.78 is 4.78. The van der Waals surface area contributed by atoms with Crippen LogP contribution in [-0.2, 0) is 15.3 Å². The van der Waals surface area contributed by atoms with E-state index in [9.17, 15) is 4.79 Å². The molecular formula is C8H9Cl3N2O2S. The first-order chi connectivity index (χ1) is 7.36. The molecule has 16 heavy (non-hydrogen) atoms. The molecule has 1 N–H and O–H groups in total. The summed E-state index contributed by atoms with van der Waals surface area (Å²) in [7, 11) is 0. The molecule has 0 aliphatic carbocycles. The van der Waals surface area contributed by atoms with Crippen LogP contribution in [0.25, 0.3) is 0 Å². The van der Waals surface area contributed by atoms with Crippen molar-refractivity contribution in [3.63, 3.8) is 0 Å². The van der Waals surface area contributed by atoms with Crippen LogP contribution in [0.1, 0.15) is 12.6 Å². The molecule has 8 heteroatoms. The summed E-state index contributed by atoms with van der Waals surface area (Å²) in [6.45, 7) is 2.25. The fraction of sp³-hybridized carbons (Fsp3) is 0.500. The highest BCUT2D eigenvalue weighted by Crippen LogP contribution is 2.37. The molecule has 0 saturated carbocycles. The van der Waals surface area contributed by atoms with Gasteiger partial charge in [-0.1, -0.05) is 47.0 Å². The lowest BCUT2D eigenvalue weighted by Crippen LogP contribution is -2.30. The number of hydrogen-bond donors (Lipinski definition) is 1. The highest BCUT2D eigenvalue weighted by atomic mass is 35.6. The fourth-order valence-corrected chi connectivity index (χ4v) is 1.73. The zero-order valence-corrected chi connectivity index (χ0v) is 11.4. The molecule has 0 atom stereocenters. The number of aromatic amines is 1. The first-order valence-electron chi connectivity index (χ1n) is 4.35. The molecule has 0 saturated heterocycles. The first-order valence-corrected chi connectivity index (χ1v) is 5.89. The SMILES string of the molecule is CCOCn1c(C(Cl)(Cl)Cl)cc(=S)[nH]c1=O. The van der Waals surface area contributed by atoms with Crippen LogP contribution in [0.15, 0.2) is 10.9 Å². The van der Waals surface area contributed by atoms with Gasteiger partial charge in [0.25, 0.3) is 0 Å². The normalized spacial score (nSPS) is 11.8. The third kappa shape index (κ3) is 3.46. The molecule has 0 bridgehead atoms. The molecule has 1 aromatic rings. The Labute approximate surface area is 112 Å². The van der Waals surface area contributed by atoms with Crippen LogP contribution in [0.2, 0.25) is 0 Å². The molecule has 4 nitrogen and oxygen atoms in total. The number of rotatable bonds is 3. The zero-order chi connectivity index (χ0) is 12.3. The number of nitrogens with one attached hydrogen (secondary N) is 1. The Kier molecular flexibility index (Phi) is 4.82. The number of alkyl halides is 3. The van der Waals surface area contributed by atoms with Gasteiger partial charge in [0, 0.05) is 6.61 Å². The van der Waals surface area contributed by atoms with Gasteiger partial charge in [-0.3, -0.25) is 9.55 Å². The van der Waals surface area contributed by atoms with E-state index in [1.807, 2.05) is 0 Å². The van der Waals surface area contributed by atoms with Crippen molar-refractivity contribution in [2.24, 2.45) is 0 Å². The molecular weight excluding hydrogens is 295 g/mol. The van der Waals surface area contributed by atoms with E-state index in [1.54, 1.807) is 6.92 Å².